The molecule has 4 saturated carbocycles. The van der Waals surface area contributed by atoms with Crippen molar-refractivity contribution in [1.82, 2.24) is 0 Å². The Hall–Kier alpha value is -0.760. The van der Waals surface area contributed by atoms with Crippen LogP contribution in [0.4, 0.5) is 0 Å². The summed E-state index contributed by atoms with van der Waals surface area (Å²) in [6.07, 6.45) is -12.7. The average Bonchev–Trinajstić information content (AvgIpc) is 3.76. The molecule has 4 saturated heterocycles. The second-order valence-corrected chi connectivity index (χ2v) is 21.6. The first-order valence-electron chi connectivity index (χ1n) is 24.2. The summed E-state index contributed by atoms with van der Waals surface area (Å²) in [7, 11) is 1.73. The van der Waals surface area contributed by atoms with E-state index in [9.17, 15) is 56.2 Å². The number of fused-ring (bicyclic) bond motifs is 7. The summed E-state index contributed by atoms with van der Waals surface area (Å²) in [5.41, 5.74) is 0.150. The molecule has 0 amide bonds. The molecule has 4 heterocycles. The molecule has 4 aliphatic carbocycles. The summed E-state index contributed by atoms with van der Waals surface area (Å²) >= 11 is 0. The number of hydrogen-bond acceptors (Lipinski definition) is 19. The second kappa shape index (κ2) is 19.8. The normalized spacial score (nSPS) is 54.9. The molecule has 8 rings (SSSR count). The molecule has 8 aliphatic rings. The summed E-state index contributed by atoms with van der Waals surface area (Å²) < 4.78 is 48.8. The number of rotatable bonds is 14. The van der Waals surface area contributed by atoms with Crippen molar-refractivity contribution in [2.45, 2.75) is 202 Å². The van der Waals surface area contributed by atoms with Crippen LogP contribution in [0.15, 0.2) is 0 Å². The van der Waals surface area contributed by atoms with Crippen LogP contribution in [-0.4, -0.2) is 200 Å². The van der Waals surface area contributed by atoms with Gasteiger partial charge in [-0.2, -0.15) is 0 Å². The Kier molecular flexibility index (Phi) is 15.4. The molecule has 376 valence electrons. The van der Waals surface area contributed by atoms with Crippen LogP contribution >= 0.6 is 0 Å². The van der Waals surface area contributed by atoms with Gasteiger partial charge in [-0.1, -0.05) is 27.7 Å². The Morgan fingerprint density at radius 1 is 0.631 bits per heavy atom. The molecular weight excluding hydrogens is 856 g/mol. The predicted octanol–water partition coefficient (Wildman–Crippen LogP) is -1.13. The molecule has 0 radical (unpaired) electrons. The molecule has 1 unspecified atom stereocenters. The minimum Gasteiger partial charge on any atom is -0.394 e. The first kappa shape index (κ1) is 50.6. The molecule has 19 heteroatoms. The molecule has 27 atom stereocenters. The van der Waals surface area contributed by atoms with Gasteiger partial charge < -0.3 is 94.1 Å². The van der Waals surface area contributed by atoms with Gasteiger partial charge in [0.05, 0.1) is 38.6 Å². The van der Waals surface area contributed by atoms with Crippen molar-refractivity contribution in [3.8, 4) is 0 Å². The first-order valence-corrected chi connectivity index (χ1v) is 24.2. The molecule has 8 fully saturated rings. The van der Waals surface area contributed by atoms with Crippen LogP contribution in [0.3, 0.4) is 0 Å². The Labute approximate surface area is 381 Å². The molecule has 0 spiro atoms. The van der Waals surface area contributed by atoms with Gasteiger partial charge in [0, 0.05) is 19.4 Å². The molecular formula is C46H78O19. The Balaban J connectivity index is 0.880. The zero-order valence-electron chi connectivity index (χ0n) is 38.4. The van der Waals surface area contributed by atoms with E-state index in [1.54, 1.807) is 7.11 Å². The third-order valence-electron chi connectivity index (χ3n) is 18.3. The zero-order chi connectivity index (χ0) is 46.9. The number of aliphatic hydroxyl groups is 11. The van der Waals surface area contributed by atoms with E-state index in [-0.39, 0.29) is 41.5 Å². The lowest BCUT2D eigenvalue weighted by Crippen LogP contribution is -2.65. The maximum Gasteiger partial charge on any atom is 0.187 e. The number of ether oxygens (including phenoxy) is 8. The van der Waals surface area contributed by atoms with Crippen LogP contribution in [0.1, 0.15) is 91.9 Å². The first-order chi connectivity index (χ1) is 30.9. The van der Waals surface area contributed by atoms with Gasteiger partial charge in [-0.05, 0) is 104 Å². The highest BCUT2D eigenvalue weighted by Crippen LogP contribution is 2.71. The van der Waals surface area contributed by atoms with Crippen molar-refractivity contribution in [3.05, 3.63) is 0 Å². The van der Waals surface area contributed by atoms with Crippen LogP contribution in [0, 0.1) is 52.3 Å². The zero-order valence-corrected chi connectivity index (χ0v) is 38.4. The van der Waals surface area contributed by atoms with Gasteiger partial charge in [0.15, 0.2) is 24.7 Å². The highest BCUT2D eigenvalue weighted by atomic mass is 16.8. The molecule has 0 aromatic rings. The van der Waals surface area contributed by atoms with Gasteiger partial charge in [-0.15, -0.1) is 0 Å². The fourth-order valence-corrected chi connectivity index (χ4v) is 14.5. The van der Waals surface area contributed by atoms with Gasteiger partial charge in [0.25, 0.3) is 0 Å². The van der Waals surface area contributed by atoms with E-state index in [0.29, 0.717) is 48.9 Å². The van der Waals surface area contributed by atoms with Crippen molar-refractivity contribution in [2.75, 3.05) is 33.5 Å². The summed E-state index contributed by atoms with van der Waals surface area (Å²) in [4.78, 5) is 0. The molecule has 0 bridgehead atoms. The Morgan fingerprint density at radius 3 is 1.85 bits per heavy atom. The van der Waals surface area contributed by atoms with E-state index in [2.05, 4.69) is 20.8 Å². The van der Waals surface area contributed by atoms with Crippen LogP contribution in [0.25, 0.3) is 0 Å². The van der Waals surface area contributed by atoms with E-state index in [1.807, 2.05) is 6.92 Å². The van der Waals surface area contributed by atoms with Crippen LogP contribution in [0.5, 0.6) is 0 Å². The van der Waals surface area contributed by atoms with E-state index in [4.69, 9.17) is 37.9 Å². The maximum absolute atomic E-state index is 11.2. The summed E-state index contributed by atoms with van der Waals surface area (Å²) in [5.74, 6) is 1.67. The lowest BCUT2D eigenvalue weighted by Gasteiger charge is -2.61. The van der Waals surface area contributed by atoms with Gasteiger partial charge in [0.1, 0.15) is 73.2 Å². The van der Waals surface area contributed by atoms with E-state index in [1.165, 1.54) is 0 Å². The van der Waals surface area contributed by atoms with Crippen LogP contribution in [-0.2, 0) is 37.9 Å². The van der Waals surface area contributed by atoms with Crippen molar-refractivity contribution in [1.29, 1.82) is 0 Å². The second-order valence-electron chi connectivity index (χ2n) is 21.6. The lowest BCUT2D eigenvalue weighted by atomic mass is 9.44. The highest BCUT2D eigenvalue weighted by Gasteiger charge is 2.69. The average molecular weight is 935 g/mol. The van der Waals surface area contributed by atoms with Crippen LogP contribution < -0.4 is 0 Å². The summed E-state index contributed by atoms with van der Waals surface area (Å²) in [6, 6.07) is 0. The number of hydrogen-bond donors (Lipinski definition) is 11. The van der Waals surface area contributed by atoms with Gasteiger partial charge >= 0.3 is 0 Å². The monoisotopic (exact) mass is 935 g/mol. The van der Waals surface area contributed by atoms with E-state index >= 15 is 0 Å². The standard InChI is InChI=1S/C46H78O19/c1-20(19-59-41-38(56)35(53)32(50)28(16-47)61-41)8-13-46(58-5)21(2)31-27(65-46)15-26-24-7-6-22-14-23(9-11-44(22,3)25(24)10-12-45(26,31)4)60-43-40(37(55)34(52)30(18-49)63-43)64-42-39(57)36(54)33(51)29(17-48)62-42/h20-43,47-57H,6-19H2,1-5H3/t20-,21-,22+,23-,24+,25-,26-,27-,28+,29+,30+,31-,32+,33+,34-,35-,36-,37-,38+,39+,40+,41+,42-,43+,44-,45-,46?/m0/s1. The molecule has 19 nitrogen and oxygen atoms in total. The molecule has 11 N–H and O–H groups in total. The minimum absolute atomic E-state index is 0.0271. The maximum atomic E-state index is 11.2. The Morgan fingerprint density at radius 2 is 1.22 bits per heavy atom. The van der Waals surface area contributed by atoms with Crippen molar-refractivity contribution in [2.24, 2.45) is 52.3 Å². The third-order valence-corrected chi connectivity index (χ3v) is 18.3. The van der Waals surface area contributed by atoms with Gasteiger partial charge in [-0.25, -0.2) is 0 Å². The molecule has 0 aromatic carbocycles. The SMILES string of the molecule is COC1(CC[C@H](C)CO[C@@H]2O[C@H](CO)[C@@H](O)[C@H](O)[C@H]2O)O[C@H]2C[C@H]3[C@@H]4CC[C@@H]5C[C@@H](O[C@@H]6O[C@H](CO)[C@H](O)[C@H](O)[C@H]6O[C@@H]6O[C@H](CO)[C@@H](O)[C@H](O)[C@H]6O)CC[C@]5(C)[C@H]4CC[C@]3(C)[C@H]2[C@@H]1C. The van der Waals surface area contributed by atoms with Crippen molar-refractivity contribution < 1.29 is 94.1 Å². The fourth-order valence-electron chi connectivity index (χ4n) is 14.5. The number of methoxy groups -OCH3 is 1. The summed E-state index contributed by atoms with van der Waals surface area (Å²) in [5, 5.41) is 113. The highest BCUT2D eigenvalue weighted by molar-refractivity contribution is 5.15. The van der Waals surface area contributed by atoms with Crippen molar-refractivity contribution in [3.63, 3.8) is 0 Å². The minimum atomic E-state index is -1.74. The molecule has 4 aliphatic heterocycles. The summed E-state index contributed by atoms with van der Waals surface area (Å²) in [6.45, 7) is 7.69. The fraction of sp³-hybridized carbons (Fsp3) is 1.00. The number of aliphatic hydroxyl groups excluding tert-OH is 11. The third kappa shape index (κ3) is 8.90. The molecule has 0 aromatic heterocycles. The van der Waals surface area contributed by atoms with Crippen molar-refractivity contribution >= 4 is 0 Å². The van der Waals surface area contributed by atoms with Gasteiger partial charge in [-0.3, -0.25) is 0 Å². The molecule has 65 heavy (non-hydrogen) atoms. The predicted molar refractivity (Wildman–Crippen MR) is 224 cm³/mol. The topological polar surface area (TPSA) is 296 Å². The Bertz CT molecular complexity index is 1580. The van der Waals surface area contributed by atoms with Gasteiger partial charge in [0.2, 0.25) is 0 Å². The van der Waals surface area contributed by atoms with E-state index in [0.717, 1.165) is 44.9 Å². The smallest absolute Gasteiger partial charge is 0.187 e. The largest absolute Gasteiger partial charge is 0.394 e. The quantitative estimate of drug-likeness (QED) is 0.0920. The van der Waals surface area contributed by atoms with E-state index < -0.39 is 118 Å². The van der Waals surface area contributed by atoms with Crippen LogP contribution in [0.2, 0.25) is 0 Å². The lowest BCUT2D eigenvalue weighted by molar-refractivity contribution is -0.373.